The van der Waals surface area contributed by atoms with Gasteiger partial charge < -0.3 is 20.6 Å². The zero-order valence-electron chi connectivity index (χ0n) is 24.2. The van der Waals surface area contributed by atoms with Crippen molar-refractivity contribution < 1.29 is 24.1 Å². The summed E-state index contributed by atoms with van der Waals surface area (Å²) in [6.07, 6.45) is 6.00. The standard InChI is InChI=1S/C27H41N7O6/c1-7-20(24(37)29-18(13-22(35)36)25(38)33(6)17-11-9-8-10-12-17)34-15-21(27(3,4)5)30-23(26(34)39)28-14-19-16(2)31-40-32-19/h15,17-18,20H,7-14H2,1-6H3,(H,28,30)(H,29,37)(H,35,36). The lowest BCUT2D eigenvalue weighted by atomic mass is 9.92. The molecule has 0 aliphatic heterocycles. The summed E-state index contributed by atoms with van der Waals surface area (Å²) < 4.78 is 6.02. The Kier molecular flexibility index (Phi) is 10.0. The van der Waals surface area contributed by atoms with Crippen molar-refractivity contribution >= 4 is 23.6 Å². The van der Waals surface area contributed by atoms with Crippen molar-refractivity contribution in [1.82, 2.24) is 30.1 Å². The third-order valence-corrected chi connectivity index (χ3v) is 7.36. The molecule has 0 saturated heterocycles. The number of nitrogens with one attached hydrogen (secondary N) is 2. The summed E-state index contributed by atoms with van der Waals surface area (Å²) in [5.74, 6) is -2.25. The van der Waals surface area contributed by atoms with E-state index in [9.17, 15) is 24.3 Å². The number of aliphatic carboxylic acids is 1. The number of carboxylic acid groups (broad SMARTS) is 1. The first kappa shape index (κ1) is 30.8. The van der Waals surface area contributed by atoms with Crippen molar-refractivity contribution in [3.8, 4) is 0 Å². The van der Waals surface area contributed by atoms with Gasteiger partial charge in [0.05, 0.1) is 18.7 Å². The van der Waals surface area contributed by atoms with Crippen molar-refractivity contribution in [3.05, 3.63) is 33.6 Å². The van der Waals surface area contributed by atoms with Crippen LogP contribution in [-0.2, 0) is 26.3 Å². The van der Waals surface area contributed by atoms with E-state index < -0.39 is 47.3 Å². The van der Waals surface area contributed by atoms with E-state index in [-0.39, 0.29) is 24.8 Å². The fraction of sp³-hybridized carbons (Fsp3) is 0.667. The maximum absolute atomic E-state index is 13.6. The van der Waals surface area contributed by atoms with E-state index in [1.54, 1.807) is 32.0 Å². The van der Waals surface area contributed by atoms with E-state index >= 15 is 0 Å². The lowest BCUT2D eigenvalue weighted by molar-refractivity contribution is -0.144. The average Bonchev–Trinajstić information content (AvgIpc) is 3.32. The Hall–Kier alpha value is -3.77. The summed E-state index contributed by atoms with van der Waals surface area (Å²) in [7, 11) is 1.66. The van der Waals surface area contributed by atoms with Crippen molar-refractivity contribution in [2.24, 2.45) is 0 Å². The molecular formula is C27H41N7O6. The molecule has 1 fully saturated rings. The Labute approximate surface area is 233 Å². The minimum absolute atomic E-state index is 0.00534. The highest BCUT2D eigenvalue weighted by Crippen LogP contribution is 2.24. The lowest BCUT2D eigenvalue weighted by Gasteiger charge is -2.34. The molecule has 2 amide bonds. The first-order valence-electron chi connectivity index (χ1n) is 13.8. The van der Waals surface area contributed by atoms with Gasteiger partial charge in [-0.05, 0) is 26.2 Å². The summed E-state index contributed by atoms with van der Waals surface area (Å²) in [5, 5.41) is 22.7. The monoisotopic (exact) mass is 559 g/mol. The molecule has 40 heavy (non-hydrogen) atoms. The number of nitrogens with zero attached hydrogens (tertiary/aromatic N) is 5. The third-order valence-electron chi connectivity index (χ3n) is 7.36. The molecule has 220 valence electrons. The summed E-state index contributed by atoms with van der Waals surface area (Å²) in [6.45, 7) is 9.41. The SMILES string of the molecule is CCC(C(=O)NC(CC(=O)O)C(=O)N(C)C1CCCCC1)n1cc(C(C)(C)C)nc(NCc2nonc2C)c1=O. The molecule has 2 atom stereocenters. The van der Waals surface area contributed by atoms with Crippen LogP contribution in [0.15, 0.2) is 15.6 Å². The molecule has 0 aromatic carbocycles. The first-order chi connectivity index (χ1) is 18.8. The van der Waals surface area contributed by atoms with Gasteiger partial charge >= 0.3 is 5.97 Å². The van der Waals surface area contributed by atoms with Crippen LogP contribution in [0.25, 0.3) is 0 Å². The molecule has 13 heteroatoms. The highest BCUT2D eigenvalue weighted by atomic mass is 16.6. The van der Waals surface area contributed by atoms with Gasteiger partial charge in [-0.3, -0.25) is 23.7 Å². The van der Waals surface area contributed by atoms with Gasteiger partial charge in [0.2, 0.25) is 11.8 Å². The van der Waals surface area contributed by atoms with Crippen LogP contribution >= 0.6 is 0 Å². The Bertz CT molecular complexity index is 1260. The molecule has 3 N–H and O–H groups in total. The van der Waals surface area contributed by atoms with Gasteiger partial charge in [-0.25, -0.2) is 9.61 Å². The van der Waals surface area contributed by atoms with E-state index in [4.69, 9.17) is 4.63 Å². The van der Waals surface area contributed by atoms with E-state index in [2.05, 4.69) is 25.9 Å². The maximum Gasteiger partial charge on any atom is 0.305 e. The third kappa shape index (κ3) is 7.45. The number of likely N-dealkylation sites (N-methyl/N-ethyl adjacent to an activating group) is 1. The van der Waals surface area contributed by atoms with Gasteiger partial charge in [0, 0.05) is 24.7 Å². The van der Waals surface area contributed by atoms with Crippen molar-refractivity contribution in [3.63, 3.8) is 0 Å². The molecule has 2 heterocycles. The van der Waals surface area contributed by atoms with E-state index in [1.807, 2.05) is 20.8 Å². The van der Waals surface area contributed by atoms with E-state index in [0.717, 1.165) is 32.1 Å². The second-order valence-electron chi connectivity index (χ2n) is 11.4. The number of hydrogen-bond donors (Lipinski definition) is 3. The minimum Gasteiger partial charge on any atom is -0.481 e. The highest BCUT2D eigenvalue weighted by molar-refractivity contribution is 5.91. The van der Waals surface area contributed by atoms with Crippen LogP contribution in [0.3, 0.4) is 0 Å². The van der Waals surface area contributed by atoms with Gasteiger partial charge in [-0.2, -0.15) is 0 Å². The van der Waals surface area contributed by atoms with Crippen molar-refractivity contribution in [2.45, 2.75) is 110 Å². The predicted octanol–water partition coefficient (Wildman–Crippen LogP) is 2.55. The number of carbonyl (C=O) groups is 3. The lowest BCUT2D eigenvalue weighted by Crippen LogP contribution is -2.53. The number of aromatic nitrogens is 4. The maximum atomic E-state index is 13.6. The van der Waals surface area contributed by atoms with Crippen molar-refractivity contribution in [1.29, 1.82) is 0 Å². The van der Waals surface area contributed by atoms with Crippen LogP contribution < -0.4 is 16.2 Å². The minimum atomic E-state index is -1.26. The van der Waals surface area contributed by atoms with Gasteiger partial charge in [0.1, 0.15) is 23.5 Å². The number of rotatable bonds is 11. The fourth-order valence-electron chi connectivity index (χ4n) is 4.84. The summed E-state index contributed by atoms with van der Waals surface area (Å²) in [5.41, 5.74) is 0.639. The highest BCUT2D eigenvalue weighted by Gasteiger charge is 2.33. The molecule has 13 nitrogen and oxygen atoms in total. The normalized spacial score (nSPS) is 15.8. The summed E-state index contributed by atoms with van der Waals surface area (Å²) >= 11 is 0. The second-order valence-corrected chi connectivity index (χ2v) is 11.4. The van der Waals surface area contributed by atoms with Crippen LogP contribution in [-0.4, -0.2) is 66.8 Å². The van der Waals surface area contributed by atoms with Gasteiger partial charge in [-0.15, -0.1) is 0 Å². The Morgan fingerprint density at radius 1 is 1.20 bits per heavy atom. The molecule has 3 rings (SSSR count). The zero-order valence-corrected chi connectivity index (χ0v) is 24.2. The fourth-order valence-corrected chi connectivity index (χ4v) is 4.84. The van der Waals surface area contributed by atoms with E-state index in [0.29, 0.717) is 17.1 Å². The van der Waals surface area contributed by atoms with Crippen LogP contribution in [0.1, 0.15) is 95.8 Å². The van der Waals surface area contributed by atoms with Crippen LogP contribution in [0.2, 0.25) is 0 Å². The topological polar surface area (TPSA) is 173 Å². The molecule has 1 saturated carbocycles. The molecular weight excluding hydrogens is 518 g/mol. The molecule has 2 aromatic rings. The molecule has 2 unspecified atom stereocenters. The van der Waals surface area contributed by atoms with Crippen molar-refractivity contribution in [2.75, 3.05) is 12.4 Å². The molecule has 1 aliphatic rings. The zero-order chi connectivity index (χ0) is 29.6. The Balaban J connectivity index is 1.91. The Morgan fingerprint density at radius 2 is 1.88 bits per heavy atom. The predicted molar refractivity (Wildman–Crippen MR) is 147 cm³/mol. The quantitative estimate of drug-likeness (QED) is 0.371. The molecule has 1 aliphatic carbocycles. The van der Waals surface area contributed by atoms with Crippen LogP contribution in [0.5, 0.6) is 0 Å². The van der Waals surface area contributed by atoms with Gasteiger partial charge in [0.15, 0.2) is 5.82 Å². The van der Waals surface area contributed by atoms with Gasteiger partial charge in [-0.1, -0.05) is 57.3 Å². The van der Waals surface area contributed by atoms with Gasteiger partial charge in [0.25, 0.3) is 5.56 Å². The number of aryl methyl sites for hydroxylation is 1. The smallest absolute Gasteiger partial charge is 0.305 e. The first-order valence-corrected chi connectivity index (χ1v) is 13.8. The number of hydrogen-bond acceptors (Lipinski definition) is 9. The average molecular weight is 560 g/mol. The van der Waals surface area contributed by atoms with Crippen LogP contribution in [0.4, 0.5) is 5.82 Å². The summed E-state index contributed by atoms with van der Waals surface area (Å²) in [6, 6.07) is -2.26. The molecule has 0 spiro atoms. The molecule has 0 bridgehead atoms. The van der Waals surface area contributed by atoms with Crippen LogP contribution in [0, 0.1) is 6.92 Å². The molecule has 0 radical (unpaired) electrons. The largest absolute Gasteiger partial charge is 0.481 e. The second kappa shape index (κ2) is 13.1. The van der Waals surface area contributed by atoms with E-state index in [1.165, 1.54) is 4.57 Å². The number of carboxylic acids is 1. The Morgan fingerprint density at radius 3 is 2.42 bits per heavy atom. The number of amides is 2. The molecule has 2 aromatic heterocycles. The number of carbonyl (C=O) groups excluding carboxylic acids is 2. The number of anilines is 1. The summed E-state index contributed by atoms with van der Waals surface area (Å²) in [4.78, 5) is 58.2.